The lowest BCUT2D eigenvalue weighted by Gasteiger charge is -2.08. The molecule has 0 saturated carbocycles. The monoisotopic (exact) mass is 276 g/mol. The van der Waals surface area contributed by atoms with Crippen LogP contribution >= 0.6 is 23.2 Å². The predicted molar refractivity (Wildman–Crippen MR) is 62.6 cm³/mol. The third-order valence-corrected chi connectivity index (χ3v) is 2.26. The summed E-state index contributed by atoms with van der Waals surface area (Å²) in [6.45, 7) is 0.196. The van der Waals surface area contributed by atoms with Crippen molar-refractivity contribution in [3.8, 4) is 5.75 Å². The van der Waals surface area contributed by atoms with Gasteiger partial charge in [0.25, 0.3) is 5.69 Å². The summed E-state index contributed by atoms with van der Waals surface area (Å²) in [6, 6.07) is 2.27. The molecule has 0 bridgehead atoms. The zero-order chi connectivity index (χ0) is 12.8. The van der Waals surface area contributed by atoms with E-state index >= 15 is 0 Å². The van der Waals surface area contributed by atoms with Gasteiger partial charge in [-0.25, -0.2) is 0 Å². The second-order valence-corrected chi connectivity index (χ2v) is 3.61. The smallest absolute Gasteiger partial charge is 0.272 e. The van der Waals surface area contributed by atoms with Crippen LogP contribution < -0.4 is 4.74 Å². The maximum atomic E-state index is 10.5. The van der Waals surface area contributed by atoms with Gasteiger partial charge in [-0.2, -0.15) is 0 Å². The Balaban J connectivity index is 2.86. The zero-order valence-electron chi connectivity index (χ0n) is 8.34. The largest absolute Gasteiger partial charge is 0.490 e. The van der Waals surface area contributed by atoms with Crippen molar-refractivity contribution in [1.29, 1.82) is 0 Å². The summed E-state index contributed by atoms with van der Waals surface area (Å²) in [5.74, 6) is 0.132. The van der Waals surface area contributed by atoms with Crippen LogP contribution in [0.2, 0.25) is 10.0 Å². The first kappa shape index (κ1) is 13.4. The van der Waals surface area contributed by atoms with Crippen molar-refractivity contribution in [2.24, 2.45) is 5.11 Å². The average molecular weight is 277 g/mol. The summed E-state index contributed by atoms with van der Waals surface area (Å²) in [6.07, 6.45) is 0. The molecule has 0 fully saturated rings. The van der Waals surface area contributed by atoms with Crippen molar-refractivity contribution in [2.75, 3.05) is 13.2 Å². The van der Waals surface area contributed by atoms with E-state index in [9.17, 15) is 10.1 Å². The minimum absolute atomic E-state index is 0.0325. The molecule has 0 heterocycles. The molecule has 17 heavy (non-hydrogen) atoms. The zero-order valence-corrected chi connectivity index (χ0v) is 9.85. The lowest BCUT2D eigenvalue weighted by Crippen LogP contribution is -2.01. The van der Waals surface area contributed by atoms with Gasteiger partial charge in [0.1, 0.15) is 0 Å². The molecule has 9 heteroatoms. The quantitative estimate of drug-likeness (QED) is 0.205. The van der Waals surface area contributed by atoms with Gasteiger partial charge in [-0.05, 0) is 5.53 Å². The molecule has 0 N–H and O–H groups in total. The highest BCUT2D eigenvalue weighted by molar-refractivity contribution is 6.37. The molecule has 0 aliphatic carbocycles. The summed E-state index contributed by atoms with van der Waals surface area (Å²) in [7, 11) is 0. The van der Waals surface area contributed by atoms with Gasteiger partial charge in [0, 0.05) is 17.0 Å². The van der Waals surface area contributed by atoms with Crippen molar-refractivity contribution >= 4 is 28.9 Å². The second kappa shape index (κ2) is 6.15. The van der Waals surface area contributed by atoms with Gasteiger partial charge in [0.05, 0.1) is 28.1 Å². The third kappa shape index (κ3) is 3.67. The second-order valence-electron chi connectivity index (χ2n) is 2.80. The number of nitro benzene ring substituents is 1. The number of nitrogens with zero attached hydrogens (tertiary/aromatic N) is 4. The number of benzene rings is 1. The topological polar surface area (TPSA) is 101 Å². The molecule has 0 aliphatic rings. The van der Waals surface area contributed by atoms with Crippen LogP contribution in [0.4, 0.5) is 5.69 Å². The summed E-state index contributed by atoms with van der Waals surface area (Å²) in [5, 5.41) is 13.8. The summed E-state index contributed by atoms with van der Waals surface area (Å²) in [5.41, 5.74) is 7.83. The molecule has 1 aromatic rings. The van der Waals surface area contributed by atoms with E-state index in [-0.39, 0.29) is 34.6 Å². The van der Waals surface area contributed by atoms with Crippen molar-refractivity contribution in [3.05, 3.63) is 42.7 Å². The average Bonchev–Trinajstić information content (AvgIpc) is 2.26. The Bertz CT molecular complexity index is 465. The molecule has 7 nitrogen and oxygen atoms in total. The fourth-order valence-corrected chi connectivity index (χ4v) is 1.61. The molecule has 0 unspecified atom stereocenters. The molecule has 0 spiro atoms. The molecule has 1 rings (SSSR count). The molecular weight excluding hydrogens is 271 g/mol. The van der Waals surface area contributed by atoms with Gasteiger partial charge in [-0.3, -0.25) is 10.1 Å². The Morgan fingerprint density at radius 3 is 2.53 bits per heavy atom. The van der Waals surface area contributed by atoms with E-state index in [0.29, 0.717) is 0 Å². The van der Waals surface area contributed by atoms with Crippen LogP contribution in [-0.2, 0) is 0 Å². The lowest BCUT2D eigenvalue weighted by molar-refractivity contribution is -0.384. The summed E-state index contributed by atoms with van der Waals surface area (Å²) < 4.78 is 5.15. The Morgan fingerprint density at radius 1 is 1.47 bits per heavy atom. The highest BCUT2D eigenvalue weighted by Crippen LogP contribution is 2.36. The fraction of sp³-hybridized carbons (Fsp3) is 0.250. The first-order valence-corrected chi connectivity index (χ1v) is 5.09. The molecule has 0 aliphatic heterocycles. The van der Waals surface area contributed by atoms with Crippen LogP contribution in [0.1, 0.15) is 0 Å². The first-order valence-electron chi connectivity index (χ1n) is 4.33. The van der Waals surface area contributed by atoms with Crippen molar-refractivity contribution in [3.63, 3.8) is 0 Å². The highest BCUT2D eigenvalue weighted by Gasteiger charge is 2.15. The number of non-ortho nitro benzene ring substituents is 1. The van der Waals surface area contributed by atoms with Crippen molar-refractivity contribution in [2.45, 2.75) is 0 Å². The van der Waals surface area contributed by atoms with Gasteiger partial charge in [-0.1, -0.05) is 28.3 Å². The Kier molecular flexibility index (Phi) is 4.84. The van der Waals surface area contributed by atoms with E-state index in [4.69, 9.17) is 33.5 Å². The first-order chi connectivity index (χ1) is 8.06. The minimum Gasteiger partial charge on any atom is -0.490 e. The number of hydrogen-bond acceptors (Lipinski definition) is 4. The molecule has 0 saturated heterocycles. The lowest BCUT2D eigenvalue weighted by atomic mass is 10.3. The van der Waals surface area contributed by atoms with E-state index in [1.54, 1.807) is 0 Å². The third-order valence-electron chi connectivity index (χ3n) is 1.69. The maximum Gasteiger partial charge on any atom is 0.272 e. The van der Waals surface area contributed by atoms with Crippen LogP contribution in [0.15, 0.2) is 17.2 Å². The normalized spacial score (nSPS) is 9.53. The number of azide groups is 1. The van der Waals surface area contributed by atoms with Gasteiger partial charge < -0.3 is 4.74 Å². The van der Waals surface area contributed by atoms with Gasteiger partial charge in [0.2, 0.25) is 0 Å². The van der Waals surface area contributed by atoms with Crippen LogP contribution in [0.25, 0.3) is 10.4 Å². The number of halogens is 2. The molecule has 0 amide bonds. The van der Waals surface area contributed by atoms with Crippen LogP contribution in [0.3, 0.4) is 0 Å². The molecule has 0 radical (unpaired) electrons. The molecular formula is C8H6Cl2N4O3. The number of nitro groups is 1. The van der Waals surface area contributed by atoms with Crippen LogP contribution in [0, 0.1) is 10.1 Å². The van der Waals surface area contributed by atoms with Crippen molar-refractivity contribution in [1.82, 2.24) is 0 Å². The standard InChI is InChI=1S/C8H6Cl2N4O3/c9-6-3-5(14(15)16)4-7(10)8(6)17-2-1-12-13-11/h3-4H,1-2H2. The van der Waals surface area contributed by atoms with E-state index < -0.39 is 4.92 Å². The maximum absolute atomic E-state index is 10.5. The van der Waals surface area contributed by atoms with Gasteiger partial charge >= 0.3 is 0 Å². The van der Waals surface area contributed by atoms with Crippen molar-refractivity contribution < 1.29 is 9.66 Å². The van der Waals surface area contributed by atoms with E-state index in [2.05, 4.69) is 10.0 Å². The summed E-state index contributed by atoms with van der Waals surface area (Å²) in [4.78, 5) is 12.4. The number of rotatable bonds is 5. The molecule has 0 aromatic heterocycles. The molecule has 0 atom stereocenters. The fourth-order valence-electron chi connectivity index (χ4n) is 1.02. The van der Waals surface area contributed by atoms with Gasteiger partial charge in [0.15, 0.2) is 5.75 Å². The van der Waals surface area contributed by atoms with Crippen LogP contribution in [-0.4, -0.2) is 18.1 Å². The summed E-state index contributed by atoms with van der Waals surface area (Å²) >= 11 is 11.5. The number of ether oxygens (including phenoxy) is 1. The molecule has 90 valence electrons. The SMILES string of the molecule is [N-]=[N+]=NCCOc1c(Cl)cc([N+](=O)[O-])cc1Cl. The minimum atomic E-state index is -0.610. The Hall–Kier alpha value is -1.69. The predicted octanol–water partition coefficient (Wildman–Crippen LogP) is 3.59. The van der Waals surface area contributed by atoms with Crippen LogP contribution in [0.5, 0.6) is 5.75 Å². The Morgan fingerprint density at radius 2 is 2.06 bits per heavy atom. The Labute approximate surface area is 106 Å². The van der Waals surface area contributed by atoms with E-state index in [1.165, 1.54) is 0 Å². The molecule has 1 aromatic carbocycles. The van der Waals surface area contributed by atoms with E-state index in [1.807, 2.05) is 0 Å². The van der Waals surface area contributed by atoms with E-state index in [0.717, 1.165) is 12.1 Å². The highest BCUT2D eigenvalue weighted by atomic mass is 35.5. The van der Waals surface area contributed by atoms with Gasteiger partial charge in [-0.15, -0.1) is 0 Å². The number of hydrogen-bond donors (Lipinski definition) is 0.